The molecule has 118 valence electrons. The van der Waals surface area contributed by atoms with Crippen LogP contribution in [0.4, 0.5) is 0 Å². The monoisotopic (exact) mass is 306 g/mol. The molecule has 1 aromatic heterocycles. The maximum atomic E-state index is 6.16. The lowest BCUT2D eigenvalue weighted by atomic mass is 9.71. The van der Waals surface area contributed by atoms with Crippen molar-refractivity contribution >= 4 is 10.9 Å². The van der Waals surface area contributed by atoms with Gasteiger partial charge in [-0.05, 0) is 48.9 Å². The number of benzene rings is 1. The molecule has 4 saturated heterocycles. The van der Waals surface area contributed by atoms with Crippen molar-refractivity contribution < 1.29 is 4.74 Å². The van der Waals surface area contributed by atoms with Crippen molar-refractivity contribution in [2.24, 2.45) is 11.8 Å². The molecular formula is C20H22N2O. The molecule has 1 aromatic carbocycles. The highest BCUT2D eigenvalue weighted by Crippen LogP contribution is 2.52. The van der Waals surface area contributed by atoms with Gasteiger partial charge >= 0.3 is 0 Å². The summed E-state index contributed by atoms with van der Waals surface area (Å²) in [6, 6.07) is 11.1. The molecule has 6 rings (SSSR count). The molecule has 5 atom stereocenters. The maximum absolute atomic E-state index is 6.16. The summed E-state index contributed by atoms with van der Waals surface area (Å²) in [5.74, 6) is 1.43. The predicted molar refractivity (Wildman–Crippen MR) is 91.1 cm³/mol. The average Bonchev–Trinajstić information content (AvgIpc) is 3.43. The number of pyridine rings is 1. The lowest BCUT2D eigenvalue weighted by Gasteiger charge is -2.51. The Hall–Kier alpha value is -1.71. The van der Waals surface area contributed by atoms with Crippen LogP contribution in [0.25, 0.3) is 10.9 Å². The van der Waals surface area contributed by atoms with E-state index in [-0.39, 0.29) is 5.60 Å². The second-order valence-corrected chi connectivity index (χ2v) is 7.25. The summed E-state index contributed by atoms with van der Waals surface area (Å²) < 4.78 is 6.16. The van der Waals surface area contributed by atoms with Gasteiger partial charge < -0.3 is 4.74 Å². The van der Waals surface area contributed by atoms with E-state index in [1.807, 2.05) is 6.20 Å². The number of ether oxygens (including phenoxy) is 1. The van der Waals surface area contributed by atoms with E-state index in [9.17, 15) is 0 Å². The number of aromatic nitrogens is 1. The molecule has 2 bridgehead atoms. The van der Waals surface area contributed by atoms with Crippen LogP contribution in [0.1, 0.15) is 18.4 Å². The zero-order valence-electron chi connectivity index (χ0n) is 13.3. The van der Waals surface area contributed by atoms with E-state index in [2.05, 4.69) is 52.9 Å². The molecule has 23 heavy (non-hydrogen) atoms. The third-order valence-electron chi connectivity index (χ3n) is 6.21. The molecule has 3 nitrogen and oxygen atoms in total. The second-order valence-electron chi connectivity index (χ2n) is 7.25. The van der Waals surface area contributed by atoms with E-state index in [0.717, 1.165) is 24.6 Å². The third-order valence-corrected chi connectivity index (χ3v) is 6.21. The van der Waals surface area contributed by atoms with E-state index in [0.29, 0.717) is 12.0 Å². The zero-order chi connectivity index (χ0) is 15.4. The first-order valence-corrected chi connectivity index (χ1v) is 8.66. The Morgan fingerprint density at radius 1 is 1.30 bits per heavy atom. The van der Waals surface area contributed by atoms with E-state index in [1.54, 1.807) is 0 Å². The molecule has 5 unspecified atom stereocenters. The summed E-state index contributed by atoms with van der Waals surface area (Å²) in [6.07, 6.45) is 6.63. The van der Waals surface area contributed by atoms with Crippen molar-refractivity contribution in [3.8, 4) is 0 Å². The molecule has 0 aliphatic carbocycles. The van der Waals surface area contributed by atoms with Gasteiger partial charge in [0.2, 0.25) is 0 Å². The van der Waals surface area contributed by atoms with Crippen LogP contribution < -0.4 is 0 Å². The SMILES string of the molecule is C=CC1CN2CCC1CC2C1(c2ccnc3ccccc23)CO1. The van der Waals surface area contributed by atoms with Gasteiger partial charge in [-0.2, -0.15) is 0 Å². The number of hydrogen-bond donors (Lipinski definition) is 0. The van der Waals surface area contributed by atoms with Crippen molar-refractivity contribution in [2.45, 2.75) is 24.5 Å². The van der Waals surface area contributed by atoms with Crippen LogP contribution in [0.2, 0.25) is 0 Å². The maximum Gasteiger partial charge on any atom is 0.133 e. The van der Waals surface area contributed by atoms with Crippen molar-refractivity contribution in [3.63, 3.8) is 0 Å². The van der Waals surface area contributed by atoms with E-state index in [1.165, 1.54) is 30.3 Å². The summed E-state index contributed by atoms with van der Waals surface area (Å²) in [4.78, 5) is 7.17. The molecule has 5 heterocycles. The van der Waals surface area contributed by atoms with Gasteiger partial charge in [0.25, 0.3) is 0 Å². The highest BCUT2D eigenvalue weighted by molar-refractivity contribution is 5.83. The largest absolute Gasteiger partial charge is 0.363 e. The highest BCUT2D eigenvalue weighted by Gasteiger charge is 2.59. The van der Waals surface area contributed by atoms with Crippen LogP contribution in [0, 0.1) is 11.8 Å². The molecule has 4 aliphatic rings. The number of nitrogens with zero attached hydrogens (tertiary/aromatic N) is 2. The van der Waals surface area contributed by atoms with Gasteiger partial charge in [-0.1, -0.05) is 24.3 Å². The van der Waals surface area contributed by atoms with Gasteiger partial charge in [-0.15, -0.1) is 6.58 Å². The van der Waals surface area contributed by atoms with Gasteiger partial charge in [-0.25, -0.2) is 0 Å². The lowest BCUT2D eigenvalue weighted by molar-refractivity contribution is -0.0205. The summed E-state index contributed by atoms with van der Waals surface area (Å²) in [7, 11) is 0. The van der Waals surface area contributed by atoms with Crippen LogP contribution >= 0.6 is 0 Å². The van der Waals surface area contributed by atoms with E-state index in [4.69, 9.17) is 4.74 Å². The van der Waals surface area contributed by atoms with Crippen LogP contribution in [-0.2, 0) is 10.3 Å². The Morgan fingerprint density at radius 3 is 2.91 bits per heavy atom. The molecule has 0 saturated carbocycles. The molecule has 4 fully saturated rings. The van der Waals surface area contributed by atoms with Crippen LogP contribution in [0.5, 0.6) is 0 Å². The predicted octanol–water partition coefficient (Wildman–Crippen LogP) is 3.36. The van der Waals surface area contributed by atoms with Gasteiger partial charge in [0.15, 0.2) is 0 Å². The number of piperidine rings is 3. The first-order chi connectivity index (χ1) is 11.3. The molecule has 3 heteroatoms. The topological polar surface area (TPSA) is 28.7 Å². The number of fused-ring (bicyclic) bond motifs is 4. The Bertz CT molecular complexity index is 762. The Kier molecular flexibility index (Phi) is 2.91. The van der Waals surface area contributed by atoms with Crippen molar-refractivity contribution in [1.29, 1.82) is 0 Å². The molecule has 0 N–H and O–H groups in total. The molecule has 2 aromatic rings. The smallest absolute Gasteiger partial charge is 0.133 e. The summed E-state index contributed by atoms with van der Waals surface area (Å²) in [5, 5.41) is 1.25. The van der Waals surface area contributed by atoms with Gasteiger partial charge in [-0.3, -0.25) is 9.88 Å². The quantitative estimate of drug-likeness (QED) is 0.643. The number of hydrogen-bond acceptors (Lipinski definition) is 3. The number of para-hydroxylation sites is 1. The van der Waals surface area contributed by atoms with Gasteiger partial charge in [0, 0.05) is 24.2 Å². The van der Waals surface area contributed by atoms with Crippen molar-refractivity contribution in [1.82, 2.24) is 9.88 Å². The van der Waals surface area contributed by atoms with Crippen molar-refractivity contribution in [2.75, 3.05) is 19.7 Å². The fourth-order valence-electron chi connectivity index (χ4n) is 4.89. The molecular weight excluding hydrogens is 284 g/mol. The van der Waals surface area contributed by atoms with Crippen LogP contribution in [0.15, 0.2) is 49.2 Å². The zero-order valence-corrected chi connectivity index (χ0v) is 13.3. The van der Waals surface area contributed by atoms with Gasteiger partial charge in [0.05, 0.1) is 12.1 Å². The first-order valence-electron chi connectivity index (χ1n) is 8.66. The first kappa shape index (κ1) is 13.7. The van der Waals surface area contributed by atoms with E-state index < -0.39 is 0 Å². The average molecular weight is 306 g/mol. The van der Waals surface area contributed by atoms with Gasteiger partial charge in [0.1, 0.15) is 5.60 Å². The fraction of sp³-hybridized carbons (Fsp3) is 0.450. The van der Waals surface area contributed by atoms with Crippen LogP contribution in [0.3, 0.4) is 0 Å². The Morgan fingerprint density at radius 2 is 2.17 bits per heavy atom. The summed E-state index contributed by atoms with van der Waals surface area (Å²) >= 11 is 0. The minimum Gasteiger partial charge on any atom is -0.363 e. The molecule has 0 radical (unpaired) electrons. The highest BCUT2D eigenvalue weighted by atomic mass is 16.6. The Labute approximate surface area is 137 Å². The molecule has 4 aliphatic heterocycles. The standard InChI is InChI=1S/C20H22N2O/c1-2-14-12-22-10-8-15(14)11-19(22)20(13-23-20)17-7-9-21-18-6-4-3-5-16(17)18/h2-7,9,14-15,19H,1,8,10-13H2. The van der Waals surface area contributed by atoms with Crippen LogP contribution in [-0.4, -0.2) is 35.6 Å². The molecule has 0 amide bonds. The normalized spacial score (nSPS) is 38.6. The van der Waals surface area contributed by atoms with E-state index >= 15 is 0 Å². The minimum absolute atomic E-state index is 0.118. The Balaban J connectivity index is 1.57. The number of epoxide rings is 1. The van der Waals surface area contributed by atoms with Crippen molar-refractivity contribution in [3.05, 3.63) is 54.7 Å². The fourth-order valence-corrected chi connectivity index (χ4v) is 4.89. The minimum atomic E-state index is -0.118. The summed E-state index contributed by atoms with van der Waals surface area (Å²) in [5.41, 5.74) is 2.28. The molecule has 0 spiro atoms. The second kappa shape index (κ2) is 4.89. The number of rotatable bonds is 3. The summed E-state index contributed by atoms with van der Waals surface area (Å²) in [6.45, 7) is 7.23. The lowest BCUT2D eigenvalue weighted by Crippen LogP contribution is -2.57. The third kappa shape index (κ3) is 1.93.